The maximum absolute atomic E-state index is 11.8. The molecule has 0 spiro atoms. The minimum absolute atomic E-state index is 0. The van der Waals surface area contributed by atoms with E-state index in [0.29, 0.717) is 23.8 Å². The van der Waals surface area contributed by atoms with Gasteiger partial charge in [0.05, 0.1) is 18.6 Å². The molecule has 0 saturated heterocycles. The van der Waals surface area contributed by atoms with E-state index in [1.165, 1.54) is 11.3 Å². The molecule has 1 aromatic heterocycles. The van der Waals surface area contributed by atoms with Crippen LogP contribution in [0, 0.1) is 0 Å². The molecule has 1 aromatic rings. The van der Waals surface area contributed by atoms with Crippen molar-refractivity contribution in [3.8, 4) is 5.75 Å². The number of carbonyl (C=O) groups excluding carboxylic acids is 1. The third-order valence-corrected chi connectivity index (χ3v) is 3.95. The van der Waals surface area contributed by atoms with Crippen LogP contribution >= 0.6 is 39.7 Å². The molecule has 1 heterocycles. The first-order valence-corrected chi connectivity index (χ1v) is 7.11. The van der Waals surface area contributed by atoms with Crippen molar-refractivity contribution in [2.24, 2.45) is 0 Å². The van der Waals surface area contributed by atoms with Gasteiger partial charge in [0.15, 0.2) is 0 Å². The summed E-state index contributed by atoms with van der Waals surface area (Å²) in [5.74, 6) is 0.598. The van der Waals surface area contributed by atoms with E-state index in [-0.39, 0.29) is 18.3 Å². The molecule has 2 N–H and O–H groups in total. The fourth-order valence-electron chi connectivity index (χ4n) is 1.25. The first-order valence-electron chi connectivity index (χ1n) is 5.50. The first-order chi connectivity index (χ1) is 8.69. The molecule has 1 rings (SSSR count). The third-order valence-electron chi connectivity index (χ3n) is 2.17. The highest BCUT2D eigenvalue weighted by molar-refractivity contribution is 9.11. The molecule has 5 nitrogen and oxygen atoms in total. The summed E-state index contributed by atoms with van der Waals surface area (Å²) in [6.45, 7) is 2.76. The Morgan fingerprint density at radius 2 is 2.11 bits per heavy atom. The summed E-state index contributed by atoms with van der Waals surface area (Å²) in [6.07, 6.45) is 0. The van der Waals surface area contributed by atoms with Crippen LogP contribution in [-0.4, -0.2) is 46.4 Å². The van der Waals surface area contributed by atoms with Crippen LogP contribution in [0.3, 0.4) is 0 Å². The van der Waals surface area contributed by atoms with Crippen LogP contribution in [-0.2, 0) is 4.74 Å². The Labute approximate surface area is 131 Å². The highest BCUT2D eigenvalue weighted by atomic mass is 79.9. The van der Waals surface area contributed by atoms with Crippen molar-refractivity contribution in [1.29, 1.82) is 0 Å². The number of halogens is 2. The van der Waals surface area contributed by atoms with Gasteiger partial charge in [0.2, 0.25) is 0 Å². The summed E-state index contributed by atoms with van der Waals surface area (Å²) in [6, 6.07) is 1.72. The van der Waals surface area contributed by atoms with Crippen molar-refractivity contribution in [3.05, 3.63) is 14.7 Å². The Bertz CT molecular complexity index is 390. The minimum atomic E-state index is -0.0856. The van der Waals surface area contributed by atoms with Crippen molar-refractivity contribution in [3.63, 3.8) is 0 Å². The summed E-state index contributed by atoms with van der Waals surface area (Å²) < 4.78 is 10.8. The molecule has 0 saturated carbocycles. The third kappa shape index (κ3) is 6.58. The highest BCUT2D eigenvalue weighted by Crippen LogP contribution is 2.34. The molecule has 1 amide bonds. The molecule has 19 heavy (non-hydrogen) atoms. The quantitative estimate of drug-likeness (QED) is 0.683. The first kappa shape index (κ1) is 18.7. The van der Waals surface area contributed by atoms with E-state index in [4.69, 9.17) is 9.47 Å². The van der Waals surface area contributed by atoms with Gasteiger partial charge in [-0.2, -0.15) is 0 Å². The summed E-state index contributed by atoms with van der Waals surface area (Å²) >= 11 is 4.70. The molecule has 8 heteroatoms. The maximum Gasteiger partial charge on any atom is 0.261 e. The summed E-state index contributed by atoms with van der Waals surface area (Å²) in [5, 5.41) is 5.98. The van der Waals surface area contributed by atoms with Gasteiger partial charge in [0, 0.05) is 32.8 Å². The van der Waals surface area contributed by atoms with E-state index in [9.17, 15) is 4.79 Å². The van der Waals surface area contributed by atoms with Crippen molar-refractivity contribution < 1.29 is 14.3 Å². The molecule has 0 aliphatic carbocycles. The monoisotopic (exact) mass is 372 g/mol. The summed E-state index contributed by atoms with van der Waals surface area (Å²) in [5.41, 5.74) is 0. The SMILES string of the molecule is COCCNCCNC(=O)c1cc(OC)c(Br)s1.Cl. The van der Waals surface area contributed by atoms with Crippen molar-refractivity contribution in [2.75, 3.05) is 40.5 Å². The number of hydrogen-bond acceptors (Lipinski definition) is 5. The van der Waals surface area contributed by atoms with Gasteiger partial charge in [-0.05, 0) is 15.9 Å². The second-order valence-electron chi connectivity index (χ2n) is 3.45. The second-order valence-corrected chi connectivity index (χ2v) is 5.82. The Hall–Kier alpha value is -0.340. The predicted octanol–water partition coefficient (Wildman–Crippen LogP) is 1.91. The smallest absolute Gasteiger partial charge is 0.261 e. The molecule has 0 aromatic carbocycles. The van der Waals surface area contributed by atoms with Gasteiger partial charge in [0.25, 0.3) is 5.91 Å². The fourth-order valence-corrected chi connectivity index (χ4v) is 2.82. The lowest BCUT2D eigenvalue weighted by atomic mass is 10.4. The number of hydrogen-bond donors (Lipinski definition) is 2. The molecular weight excluding hydrogens is 356 g/mol. The standard InChI is InChI=1S/C11H17BrN2O3S.ClH/c1-16-6-5-13-3-4-14-11(15)9-7-8(17-2)10(12)18-9;/h7,13H,3-6H2,1-2H3,(H,14,15);1H. The second kappa shape index (κ2) is 10.4. The van der Waals surface area contributed by atoms with E-state index in [2.05, 4.69) is 26.6 Å². The molecule has 0 aliphatic rings. The van der Waals surface area contributed by atoms with Gasteiger partial charge < -0.3 is 20.1 Å². The number of thiophene rings is 1. The van der Waals surface area contributed by atoms with Crippen LogP contribution in [0.25, 0.3) is 0 Å². The van der Waals surface area contributed by atoms with Crippen molar-refractivity contribution >= 4 is 45.6 Å². The molecule has 0 radical (unpaired) electrons. The van der Waals surface area contributed by atoms with Crippen LogP contribution < -0.4 is 15.4 Å². The number of nitrogens with one attached hydrogen (secondary N) is 2. The van der Waals surface area contributed by atoms with E-state index >= 15 is 0 Å². The highest BCUT2D eigenvalue weighted by Gasteiger charge is 2.12. The number of amides is 1. The maximum atomic E-state index is 11.8. The van der Waals surface area contributed by atoms with E-state index in [0.717, 1.165) is 16.9 Å². The molecular formula is C11H18BrClN2O3S. The van der Waals surface area contributed by atoms with Crippen LogP contribution in [0.2, 0.25) is 0 Å². The molecule has 0 fully saturated rings. The van der Waals surface area contributed by atoms with E-state index in [1.54, 1.807) is 20.3 Å². The lowest BCUT2D eigenvalue weighted by molar-refractivity contribution is 0.0957. The molecule has 0 aliphatic heterocycles. The molecule has 0 atom stereocenters. The Kier molecular flexibility index (Phi) is 10.3. The van der Waals surface area contributed by atoms with Gasteiger partial charge in [-0.15, -0.1) is 23.7 Å². The minimum Gasteiger partial charge on any atom is -0.495 e. The lowest BCUT2D eigenvalue weighted by Crippen LogP contribution is -2.32. The van der Waals surface area contributed by atoms with Crippen LogP contribution in [0.15, 0.2) is 9.85 Å². The summed E-state index contributed by atoms with van der Waals surface area (Å²) in [7, 11) is 3.24. The number of methoxy groups -OCH3 is 2. The zero-order chi connectivity index (χ0) is 13.4. The van der Waals surface area contributed by atoms with E-state index in [1.807, 2.05) is 0 Å². The van der Waals surface area contributed by atoms with Gasteiger partial charge in [-0.25, -0.2) is 0 Å². The van der Waals surface area contributed by atoms with Gasteiger partial charge >= 0.3 is 0 Å². The lowest BCUT2D eigenvalue weighted by Gasteiger charge is -2.05. The molecule has 0 bridgehead atoms. The Morgan fingerprint density at radius 3 is 2.68 bits per heavy atom. The Balaban J connectivity index is 0.00000324. The summed E-state index contributed by atoms with van der Waals surface area (Å²) in [4.78, 5) is 12.4. The number of carbonyl (C=O) groups is 1. The van der Waals surface area contributed by atoms with E-state index < -0.39 is 0 Å². The van der Waals surface area contributed by atoms with Gasteiger partial charge in [0.1, 0.15) is 9.54 Å². The Morgan fingerprint density at radius 1 is 1.37 bits per heavy atom. The average Bonchev–Trinajstić information content (AvgIpc) is 2.74. The zero-order valence-electron chi connectivity index (χ0n) is 10.8. The predicted molar refractivity (Wildman–Crippen MR) is 82.9 cm³/mol. The van der Waals surface area contributed by atoms with Gasteiger partial charge in [-0.3, -0.25) is 4.79 Å². The average molecular weight is 374 g/mol. The van der Waals surface area contributed by atoms with Gasteiger partial charge in [-0.1, -0.05) is 0 Å². The largest absolute Gasteiger partial charge is 0.495 e. The van der Waals surface area contributed by atoms with Crippen molar-refractivity contribution in [2.45, 2.75) is 0 Å². The van der Waals surface area contributed by atoms with Crippen LogP contribution in [0.4, 0.5) is 0 Å². The zero-order valence-corrected chi connectivity index (χ0v) is 14.0. The van der Waals surface area contributed by atoms with Crippen molar-refractivity contribution in [1.82, 2.24) is 10.6 Å². The van der Waals surface area contributed by atoms with Crippen LogP contribution in [0.5, 0.6) is 5.75 Å². The van der Waals surface area contributed by atoms with Crippen LogP contribution in [0.1, 0.15) is 9.67 Å². The molecule has 0 unspecified atom stereocenters. The molecule has 110 valence electrons. The topological polar surface area (TPSA) is 59.6 Å². The number of rotatable bonds is 8. The fraction of sp³-hybridized carbons (Fsp3) is 0.545. The normalized spacial score (nSPS) is 9.84. The number of ether oxygens (including phenoxy) is 2.